The van der Waals surface area contributed by atoms with Crippen molar-refractivity contribution in [3.8, 4) is 0 Å². The Hall–Kier alpha value is -1.81. The third-order valence-electron chi connectivity index (χ3n) is 2.13. The molecule has 0 aliphatic rings. The van der Waals surface area contributed by atoms with Gasteiger partial charge in [0.2, 0.25) is 20.0 Å². The molecule has 20 heavy (non-hydrogen) atoms. The Morgan fingerprint density at radius 2 is 1.40 bits per heavy atom. The van der Waals surface area contributed by atoms with Gasteiger partial charge in [-0.15, -0.1) is 0 Å². The molecule has 0 aromatic heterocycles. The Morgan fingerprint density at radius 1 is 1.00 bits per heavy atom. The van der Waals surface area contributed by atoms with Gasteiger partial charge in [-0.3, -0.25) is 14.2 Å². The van der Waals surface area contributed by atoms with Gasteiger partial charge in [0.1, 0.15) is 0 Å². The maximum Gasteiger partial charge on any atom is 0.320 e. The van der Waals surface area contributed by atoms with Crippen molar-refractivity contribution in [1.29, 1.82) is 0 Å². The lowest BCUT2D eigenvalue weighted by Crippen LogP contribution is -2.22. The minimum Gasteiger partial charge on any atom is -0.480 e. The van der Waals surface area contributed by atoms with E-state index in [0.29, 0.717) is 0 Å². The summed E-state index contributed by atoms with van der Waals surface area (Å²) in [6, 6.07) is 5.39. The lowest BCUT2D eigenvalue weighted by molar-refractivity contribution is -0.134. The van der Waals surface area contributed by atoms with Crippen LogP contribution in [0, 0.1) is 0 Å². The van der Waals surface area contributed by atoms with E-state index < -0.39 is 31.8 Å². The highest BCUT2D eigenvalue weighted by Gasteiger charge is 2.15. The molecule has 1 aromatic rings. The number of aliphatic carboxylic acids is 1. The number of anilines is 2. The van der Waals surface area contributed by atoms with Gasteiger partial charge in [-0.1, -0.05) is 0 Å². The minimum absolute atomic E-state index is 0.0833. The van der Waals surface area contributed by atoms with Crippen molar-refractivity contribution in [2.45, 2.75) is 6.92 Å². The van der Waals surface area contributed by atoms with Crippen LogP contribution in [0.15, 0.2) is 24.3 Å². The summed E-state index contributed by atoms with van der Waals surface area (Å²) in [5, 5.41) is 8.43. The molecule has 0 heterocycles. The average molecular weight is 322 g/mol. The lowest BCUT2D eigenvalue weighted by atomic mass is 10.3. The summed E-state index contributed by atoms with van der Waals surface area (Å²) >= 11 is 0. The second-order valence-corrected chi connectivity index (χ2v) is 7.57. The van der Waals surface area contributed by atoms with Gasteiger partial charge in [-0.25, -0.2) is 16.8 Å². The molecule has 1 rings (SSSR count). The zero-order valence-electron chi connectivity index (χ0n) is 10.5. The lowest BCUT2D eigenvalue weighted by Gasteiger charge is -2.08. The van der Waals surface area contributed by atoms with Crippen LogP contribution in [0.3, 0.4) is 0 Å². The van der Waals surface area contributed by atoms with Gasteiger partial charge in [0.25, 0.3) is 0 Å². The second kappa shape index (κ2) is 6.09. The molecule has 0 unspecified atom stereocenters. The normalized spacial score (nSPS) is 11.8. The van der Waals surface area contributed by atoms with E-state index in [1.807, 2.05) is 0 Å². The molecule has 0 bridgehead atoms. The van der Waals surface area contributed by atoms with Crippen molar-refractivity contribution in [3.05, 3.63) is 24.3 Å². The van der Waals surface area contributed by atoms with Crippen LogP contribution in [0.1, 0.15) is 6.92 Å². The monoisotopic (exact) mass is 322 g/mol. The Bertz CT molecular complexity index is 679. The summed E-state index contributed by atoms with van der Waals surface area (Å²) in [5.41, 5.74) is 0.429. The third-order valence-corrected chi connectivity index (χ3v) is 4.61. The molecule has 0 saturated heterocycles. The molecular weight excluding hydrogens is 308 g/mol. The Labute approximate surface area is 116 Å². The summed E-state index contributed by atoms with van der Waals surface area (Å²) in [4.78, 5) is 10.4. The first-order valence-electron chi connectivity index (χ1n) is 5.46. The summed E-state index contributed by atoms with van der Waals surface area (Å²) in [5.74, 6) is -2.60. The number of rotatable bonds is 7. The van der Waals surface area contributed by atoms with E-state index in [2.05, 4.69) is 9.44 Å². The largest absolute Gasteiger partial charge is 0.480 e. The maximum absolute atomic E-state index is 11.4. The summed E-state index contributed by atoms with van der Waals surface area (Å²) < 4.78 is 49.7. The van der Waals surface area contributed by atoms with Crippen LogP contribution in [0.2, 0.25) is 0 Å². The predicted octanol–water partition coefficient (Wildman–Crippen LogP) is 0.274. The molecule has 0 aliphatic heterocycles. The SMILES string of the molecule is CCS(=O)(=O)Nc1ccc(NS(=O)(=O)CC(=O)O)cc1. The fourth-order valence-electron chi connectivity index (χ4n) is 1.24. The topological polar surface area (TPSA) is 130 Å². The Kier molecular flexibility index (Phi) is 4.95. The smallest absolute Gasteiger partial charge is 0.320 e. The number of carboxylic acid groups (broad SMARTS) is 1. The van der Waals surface area contributed by atoms with Crippen molar-refractivity contribution in [1.82, 2.24) is 0 Å². The van der Waals surface area contributed by atoms with Gasteiger partial charge in [0, 0.05) is 11.4 Å². The van der Waals surface area contributed by atoms with E-state index in [1.165, 1.54) is 31.2 Å². The second-order valence-electron chi connectivity index (χ2n) is 3.84. The highest BCUT2D eigenvalue weighted by atomic mass is 32.2. The molecule has 0 spiro atoms. The number of benzene rings is 1. The van der Waals surface area contributed by atoms with Crippen molar-refractivity contribution in [3.63, 3.8) is 0 Å². The molecule has 112 valence electrons. The molecule has 0 aliphatic carbocycles. The van der Waals surface area contributed by atoms with E-state index in [-0.39, 0.29) is 17.1 Å². The van der Waals surface area contributed by atoms with Crippen LogP contribution in [-0.2, 0) is 24.8 Å². The number of hydrogen-bond acceptors (Lipinski definition) is 5. The van der Waals surface area contributed by atoms with Crippen LogP contribution in [0.5, 0.6) is 0 Å². The van der Waals surface area contributed by atoms with Crippen molar-refractivity contribution < 1.29 is 26.7 Å². The van der Waals surface area contributed by atoms with Crippen LogP contribution in [0.25, 0.3) is 0 Å². The molecule has 3 N–H and O–H groups in total. The Morgan fingerprint density at radius 3 is 1.75 bits per heavy atom. The molecule has 0 amide bonds. The average Bonchev–Trinajstić information content (AvgIpc) is 2.29. The van der Waals surface area contributed by atoms with E-state index >= 15 is 0 Å². The predicted molar refractivity (Wildman–Crippen MR) is 74.6 cm³/mol. The van der Waals surface area contributed by atoms with E-state index in [4.69, 9.17) is 5.11 Å². The van der Waals surface area contributed by atoms with Crippen LogP contribution >= 0.6 is 0 Å². The highest BCUT2D eigenvalue weighted by molar-refractivity contribution is 7.93. The first-order valence-corrected chi connectivity index (χ1v) is 8.77. The number of carboxylic acids is 1. The fraction of sp³-hybridized carbons (Fsp3) is 0.300. The van der Waals surface area contributed by atoms with Crippen molar-refractivity contribution >= 4 is 37.4 Å². The summed E-state index contributed by atoms with van der Waals surface area (Å²) in [6.45, 7) is 1.48. The molecule has 0 fully saturated rings. The van der Waals surface area contributed by atoms with Crippen LogP contribution < -0.4 is 9.44 Å². The zero-order chi connectivity index (χ0) is 15.4. The molecule has 10 heteroatoms. The third kappa shape index (κ3) is 5.45. The first-order chi connectivity index (χ1) is 9.13. The van der Waals surface area contributed by atoms with Gasteiger partial charge in [0.15, 0.2) is 5.75 Å². The minimum atomic E-state index is -3.97. The van der Waals surface area contributed by atoms with Gasteiger partial charge in [0.05, 0.1) is 5.75 Å². The molecule has 1 aromatic carbocycles. The molecule has 0 atom stereocenters. The molecular formula is C10H14N2O6S2. The highest BCUT2D eigenvalue weighted by Crippen LogP contribution is 2.16. The first kappa shape index (κ1) is 16.2. The van der Waals surface area contributed by atoms with E-state index in [0.717, 1.165) is 0 Å². The van der Waals surface area contributed by atoms with Crippen LogP contribution in [-0.4, -0.2) is 39.4 Å². The van der Waals surface area contributed by atoms with Gasteiger partial charge < -0.3 is 5.11 Å². The summed E-state index contributed by atoms with van der Waals surface area (Å²) in [6.07, 6.45) is 0. The Balaban J connectivity index is 2.80. The molecule has 8 nitrogen and oxygen atoms in total. The van der Waals surface area contributed by atoms with Gasteiger partial charge in [-0.05, 0) is 31.2 Å². The molecule has 0 saturated carbocycles. The van der Waals surface area contributed by atoms with Crippen LogP contribution in [0.4, 0.5) is 11.4 Å². The number of hydrogen-bond donors (Lipinski definition) is 3. The standard InChI is InChI=1S/C10H14N2O6S2/c1-2-19(15,16)11-8-3-5-9(6-4-8)12-20(17,18)7-10(13)14/h3-6,11-12H,2,7H2,1H3,(H,13,14). The van der Waals surface area contributed by atoms with E-state index in [1.54, 1.807) is 0 Å². The quantitative estimate of drug-likeness (QED) is 0.661. The van der Waals surface area contributed by atoms with E-state index in [9.17, 15) is 21.6 Å². The fourth-order valence-corrected chi connectivity index (χ4v) is 2.77. The molecule has 0 radical (unpaired) electrons. The number of carbonyl (C=O) groups is 1. The number of nitrogens with one attached hydrogen (secondary N) is 2. The van der Waals surface area contributed by atoms with Crippen molar-refractivity contribution in [2.24, 2.45) is 0 Å². The number of sulfonamides is 2. The summed E-state index contributed by atoms with van der Waals surface area (Å²) in [7, 11) is -7.38. The van der Waals surface area contributed by atoms with Gasteiger partial charge in [-0.2, -0.15) is 0 Å². The maximum atomic E-state index is 11.4. The van der Waals surface area contributed by atoms with Crippen molar-refractivity contribution in [2.75, 3.05) is 20.9 Å². The zero-order valence-corrected chi connectivity index (χ0v) is 12.2. The van der Waals surface area contributed by atoms with Gasteiger partial charge >= 0.3 is 5.97 Å².